The lowest BCUT2D eigenvalue weighted by Gasteiger charge is -2.20. The number of nitrogens with one attached hydrogen (secondary N) is 1. The van der Waals surface area contributed by atoms with E-state index in [0.29, 0.717) is 19.1 Å². The molecular formula is C13H25NO3. The van der Waals surface area contributed by atoms with E-state index in [9.17, 15) is 9.90 Å². The average molecular weight is 243 g/mol. The molecule has 0 heterocycles. The van der Waals surface area contributed by atoms with Gasteiger partial charge in [-0.15, -0.1) is 0 Å². The van der Waals surface area contributed by atoms with Gasteiger partial charge in [-0.1, -0.05) is 19.8 Å². The maximum atomic E-state index is 11.7. The maximum Gasteiger partial charge on any atom is 0.323 e. The Morgan fingerprint density at radius 1 is 1.47 bits per heavy atom. The second-order valence-corrected chi connectivity index (χ2v) is 4.76. The molecule has 0 aromatic carbocycles. The first kappa shape index (κ1) is 14.5. The molecule has 0 aromatic rings. The maximum absolute atomic E-state index is 11.7. The van der Waals surface area contributed by atoms with Gasteiger partial charge >= 0.3 is 5.97 Å². The molecular weight excluding hydrogens is 218 g/mol. The zero-order valence-electron chi connectivity index (χ0n) is 10.9. The summed E-state index contributed by atoms with van der Waals surface area (Å²) in [5.41, 5.74) is 0. The number of carbonyl (C=O) groups is 1. The van der Waals surface area contributed by atoms with Crippen LogP contribution in [-0.4, -0.2) is 36.4 Å². The van der Waals surface area contributed by atoms with Gasteiger partial charge in [-0.3, -0.25) is 4.79 Å². The summed E-state index contributed by atoms with van der Waals surface area (Å²) >= 11 is 0. The number of carbonyl (C=O) groups excluding carboxylic acids is 1. The molecule has 1 saturated carbocycles. The lowest BCUT2D eigenvalue weighted by Crippen LogP contribution is -2.41. The smallest absolute Gasteiger partial charge is 0.323 e. The van der Waals surface area contributed by atoms with Gasteiger partial charge in [0.2, 0.25) is 0 Å². The molecule has 1 aliphatic rings. The summed E-state index contributed by atoms with van der Waals surface area (Å²) in [5, 5.41) is 13.0. The lowest BCUT2D eigenvalue weighted by molar-refractivity contribution is -0.146. The molecule has 0 bridgehead atoms. The van der Waals surface area contributed by atoms with Gasteiger partial charge in [-0.2, -0.15) is 0 Å². The SMILES string of the molecule is CCCC(NCC1CCCC1O)C(=O)OCC. The van der Waals surface area contributed by atoms with Crippen molar-refractivity contribution in [3.05, 3.63) is 0 Å². The van der Waals surface area contributed by atoms with Gasteiger partial charge < -0.3 is 15.2 Å². The lowest BCUT2D eigenvalue weighted by atomic mass is 10.0. The standard InChI is InChI=1S/C13H25NO3/c1-3-6-11(13(16)17-4-2)14-9-10-7-5-8-12(10)15/h10-12,14-15H,3-9H2,1-2H3. The van der Waals surface area contributed by atoms with E-state index in [1.807, 2.05) is 6.92 Å². The molecule has 0 aliphatic heterocycles. The molecule has 0 radical (unpaired) electrons. The van der Waals surface area contributed by atoms with E-state index >= 15 is 0 Å². The Hall–Kier alpha value is -0.610. The minimum Gasteiger partial charge on any atom is -0.465 e. The van der Waals surface area contributed by atoms with Crippen molar-refractivity contribution in [1.82, 2.24) is 5.32 Å². The molecule has 1 fully saturated rings. The molecule has 100 valence electrons. The third-order valence-electron chi connectivity index (χ3n) is 3.39. The summed E-state index contributed by atoms with van der Waals surface area (Å²) in [4.78, 5) is 11.7. The number of rotatable bonds is 7. The van der Waals surface area contributed by atoms with Crippen LogP contribution >= 0.6 is 0 Å². The molecule has 2 N–H and O–H groups in total. The Kier molecular flexibility index (Phi) is 6.52. The van der Waals surface area contributed by atoms with Crippen LogP contribution in [0, 0.1) is 5.92 Å². The molecule has 1 aliphatic carbocycles. The minimum absolute atomic E-state index is 0.165. The van der Waals surface area contributed by atoms with E-state index in [4.69, 9.17) is 4.74 Å². The fourth-order valence-electron chi connectivity index (χ4n) is 2.38. The predicted molar refractivity (Wildman–Crippen MR) is 66.7 cm³/mol. The van der Waals surface area contributed by atoms with Gasteiger partial charge in [0.25, 0.3) is 0 Å². The zero-order chi connectivity index (χ0) is 12.7. The number of esters is 1. The van der Waals surface area contributed by atoms with Crippen molar-refractivity contribution in [1.29, 1.82) is 0 Å². The van der Waals surface area contributed by atoms with Crippen molar-refractivity contribution < 1.29 is 14.6 Å². The number of hydrogen-bond donors (Lipinski definition) is 2. The molecule has 17 heavy (non-hydrogen) atoms. The third kappa shape index (κ3) is 4.64. The summed E-state index contributed by atoms with van der Waals surface area (Å²) in [6.07, 6.45) is 4.57. The molecule has 4 nitrogen and oxygen atoms in total. The molecule has 0 aromatic heterocycles. The van der Waals surface area contributed by atoms with Crippen molar-refractivity contribution in [3.63, 3.8) is 0 Å². The molecule has 0 saturated heterocycles. The molecule has 3 atom stereocenters. The Balaban J connectivity index is 2.35. The summed E-state index contributed by atoms with van der Waals surface area (Å²) in [6, 6.07) is -0.215. The van der Waals surface area contributed by atoms with Crippen molar-refractivity contribution in [2.45, 2.75) is 58.1 Å². The fourth-order valence-corrected chi connectivity index (χ4v) is 2.38. The summed E-state index contributed by atoms with van der Waals surface area (Å²) in [6.45, 7) is 5.01. The molecule has 1 rings (SSSR count). The van der Waals surface area contributed by atoms with Gasteiger partial charge in [0.1, 0.15) is 6.04 Å². The normalized spacial score (nSPS) is 25.8. The molecule has 4 heteroatoms. The van der Waals surface area contributed by atoms with E-state index in [1.165, 1.54) is 0 Å². The highest BCUT2D eigenvalue weighted by atomic mass is 16.5. The molecule has 0 amide bonds. The van der Waals surface area contributed by atoms with Crippen LogP contribution in [0.4, 0.5) is 0 Å². The van der Waals surface area contributed by atoms with Crippen LogP contribution in [0.1, 0.15) is 46.0 Å². The Bertz CT molecular complexity index is 233. The van der Waals surface area contributed by atoms with Gasteiger partial charge in [0.15, 0.2) is 0 Å². The van der Waals surface area contributed by atoms with Crippen molar-refractivity contribution in [3.8, 4) is 0 Å². The minimum atomic E-state index is -0.215. The van der Waals surface area contributed by atoms with Crippen LogP contribution in [0.3, 0.4) is 0 Å². The summed E-state index contributed by atoms with van der Waals surface area (Å²) in [5.74, 6) is 0.130. The predicted octanol–water partition coefficient (Wildman–Crippen LogP) is 1.47. The topological polar surface area (TPSA) is 58.6 Å². The third-order valence-corrected chi connectivity index (χ3v) is 3.39. The van der Waals surface area contributed by atoms with E-state index < -0.39 is 0 Å². The van der Waals surface area contributed by atoms with E-state index in [-0.39, 0.29) is 18.1 Å². The number of aliphatic hydroxyl groups is 1. The van der Waals surface area contributed by atoms with Crippen LogP contribution < -0.4 is 5.32 Å². The summed E-state index contributed by atoms with van der Waals surface area (Å²) < 4.78 is 5.03. The van der Waals surface area contributed by atoms with Crippen molar-refractivity contribution in [2.75, 3.05) is 13.2 Å². The first-order valence-corrected chi connectivity index (χ1v) is 6.77. The van der Waals surface area contributed by atoms with Crippen LogP contribution in [-0.2, 0) is 9.53 Å². The monoisotopic (exact) mass is 243 g/mol. The van der Waals surface area contributed by atoms with Crippen LogP contribution in [0.2, 0.25) is 0 Å². The number of ether oxygens (including phenoxy) is 1. The Labute approximate surface area is 104 Å². The second-order valence-electron chi connectivity index (χ2n) is 4.76. The fraction of sp³-hybridized carbons (Fsp3) is 0.923. The quantitative estimate of drug-likeness (QED) is 0.665. The number of aliphatic hydroxyl groups excluding tert-OH is 1. The largest absolute Gasteiger partial charge is 0.465 e. The molecule has 3 unspecified atom stereocenters. The van der Waals surface area contributed by atoms with E-state index in [2.05, 4.69) is 12.2 Å². The highest BCUT2D eigenvalue weighted by molar-refractivity contribution is 5.75. The first-order valence-electron chi connectivity index (χ1n) is 6.77. The zero-order valence-corrected chi connectivity index (χ0v) is 10.9. The van der Waals surface area contributed by atoms with Gasteiger partial charge in [-0.25, -0.2) is 0 Å². The highest BCUT2D eigenvalue weighted by Crippen LogP contribution is 2.24. The van der Waals surface area contributed by atoms with Gasteiger partial charge in [-0.05, 0) is 32.1 Å². The van der Waals surface area contributed by atoms with Crippen LogP contribution in [0.15, 0.2) is 0 Å². The summed E-state index contributed by atoms with van der Waals surface area (Å²) in [7, 11) is 0. The Morgan fingerprint density at radius 3 is 2.76 bits per heavy atom. The van der Waals surface area contributed by atoms with Gasteiger partial charge in [0.05, 0.1) is 12.7 Å². The highest BCUT2D eigenvalue weighted by Gasteiger charge is 2.27. The van der Waals surface area contributed by atoms with E-state index in [0.717, 1.165) is 32.1 Å². The average Bonchev–Trinajstić information content (AvgIpc) is 2.70. The van der Waals surface area contributed by atoms with Gasteiger partial charge in [0, 0.05) is 6.54 Å². The van der Waals surface area contributed by atoms with Crippen molar-refractivity contribution >= 4 is 5.97 Å². The van der Waals surface area contributed by atoms with Crippen LogP contribution in [0.5, 0.6) is 0 Å². The van der Waals surface area contributed by atoms with Crippen LogP contribution in [0.25, 0.3) is 0 Å². The van der Waals surface area contributed by atoms with E-state index in [1.54, 1.807) is 0 Å². The molecule has 0 spiro atoms. The first-order chi connectivity index (χ1) is 8.19. The Morgan fingerprint density at radius 2 is 2.24 bits per heavy atom. The number of hydrogen-bond acceptors (Lipinski definition) is 4. The second kappa shape index (κ2) is 7.67. The van der Waals surface area contributed by atoms with Crippen molar-refractivity contribution in [2.24, 2.45) is 5.92 Å².